The fourth-order valence-electron chi connectivity index (χ4n) is 2.43. The minimum atomic E-state index is -0.132. The van der Waals surface area contributed by atoms with Gasteiger partial charge in [0.1, 0.15) is 0 Å². The van der Waals surface area contributed by atoms with Gasteiger partial charge in [-0.05, 0) is 37.1 Å². The van der Waals surface area contributed by atoms with E-state index >= 15 is 0 Å². The fourth-order valence-corrected chi connectivity index (χ4v) is 3.24. The van der Waals surface area contributed by atoms with Crippen molar-refractivity contribution in [3.05, 3.63) is 41.1 Å². The van der Waals surface area contributed by atoms with Gasteiger partial charge in [-0.25, -0.2) is 0 Å². The zero-order valence-corrected chi connectivity index (χ0v) is 12.1. The van der Waals surface area contributed by atoms with Gasteiger partial charge in [-0.15, -0.1) is 11.8 Å². The number of rotatable bonds is 4. The van der Waals surface area contributed by atoms with Crippen LogP contribution in [-0.4, -0.2) is 16.8 Å². The first-order valence-corrected chi connectivity index (χ1v) is 7.78. The second kappa shape index (κ2) is 5.71. The van der Waals surface area contributed by atoms with Crippen LogP contribution in [-0.2, 0) is 12.8 Å². The van der Waals surface area contributed by atoms with Crippen molar-refractivity contribution in [3.63, 3.8) is 0 Å². The number of carbonyl (C=O) groups is 1. The molecule has 1 aliphatic rings. The SMILES string of the molecule is CCSc1ccccc1C(=O)Nc1onc2c1CCC2. The number of hydrogen-bond donors (Lipinski definition) is 1. The molecule has 1 heterocycles. The summed E-state index contributed by atoms with van der Waals surface area (Å²) < 4.78 is 5.24. The molecule has 0 atom stereocenters. The molecule has 1 amide bonds. The maximum absolute atomic E-state index is 12.4. The van der Waals surface area contributed by atoms with Crippen LogP contribution in [0.3, 0.4) is 0 Å². The molecule has 20 heavy (non-hydrogen) atoms. The molecule has 1 aromatic carbocycles. The molecule has 104 valence electrons. The Morgan fingerprint density at radius 2 is 2.25 bits per heavy atom. The number of aryl methyl sites for hydroxylation is 1. The minimum Gasteiger partial charge on any atom is -0.338 e. The maximum Gasteiger partial charge on any atom is 0.259 e. The van der Waals surface area contributed by atoms with Gasteiger partial charge in [-0.1, -0.05) is 24.2 Å². The fraction of sp³-hybridized carbons (Fsp3) is 0.333. The van der Waals surface area contributed by atoms with Gasteiger partial charge in [0.15, 0.2) is 0 Å². The van der Waals surface area contributed by atoms with E-state index in [1.54, 1.807) is 11.8 Å². The second-order valence-electron chi connectivity index (χ2n) is 4.67. The number of amides is 1. The van der Waals surface area contributed by atoms with Crippen LogP contribution in [0.15, 0.2) is 33.7 Å². The lowest BCUT2D eigenvalue weighted by Crippen LogP contribution is -2.13. The summed E-state index contributed by atoms with van der Waals surface area (Å²) in [5, 5.41) is 6.86. The molecular weight excluding hydrogens is 272 g/mol. The quantitative estimate of drug-likeness (QED) is 0.874. The Bertz CT molecular complexity index is 637. The van der Waals surface area contributed by atoms with E-state index in [0.717, 1.165) is 41.2 Å². The summed E-state index contributed by atoms with van der Waals surface area (Å²) in [6.07, 6.45) is 2.95. The zero-order chi connectivity index (χ0) is 13.9. The molecule has 3 rings (SSSR count). The molecule has 0 aliphatic heterocycles. The summed E-state index contributed by atoms with van der Waals surface area (Å²) in [5.41, 5.74) is 2.72. The zero-order valence-electron chi connectivity index (χ0n) is 11.3. The van der Waals surface area contributed by atoms with Crippen molar-refractivity contribution in [2.24, 2.45) is 0 Å². The lowest BCUT2D eigenvalue weighted by atomic mass is 10.2. The molecule has 0 bridgehead atoms. The monoisotopic (exact) mass is 288 g/mol. The van der Waals surface area contributed by atoms with Crippen molar-refractivity contribution in [3.8, 4) is 0 Å². The molecule has 0 saturated carbocycles. The van der Waals surface area contributed by atoms with E-state index in [0.29, 0.717) is 11.4 Å². The number of benzene rings is 1. The van der Waals surface area contributed by atoms with Gasteiger partial charge in [-0.3, -0.25) is 10.1 Å². The highest BCUT2D eigenvalue weighted by Crippen LogP contribution is 2.29. The summed E-state index contributed by atoms with van der Waals surface area (Å²) in [6, 6.07) is 7.62. The standard InChI is InChI=1S/C15H16N2O2S/c1-2-20-13-9-4-3-6-11(13)14(18)16-15-10-7-5-8-12(10)17-19-15/h3-4,6,9H,2,5,7-8H2,1H3,(H,16,18). The molecule has 0 radical (unpaired) electrons. The van der Waals surface area contributed by atoms with Gasteiger partial charge < -0.3 is 4.52 Å². The van der Waals surface area contributed by atoms with Gasteiger partial charge in [0, 0.05) is 10.5 Å². The van der Waals surface area contributed by atoms with Gasteiger partial charge in [-0.2, -0.15) is 0 Å². The Morgan fingerprint density at radius 1 is 1.40 bits per heavy atom. The van der Waals surface area contributed by atoms with Crippen LogP contribution in [0.4, 0.5) is 5.88 Å². The van der Waals surface area contributed by atoms with Crippen molar-refractivity contribution in [1.29, 1.82) is 0 Å². The van der Waals surface area contributed by atoms with E-state index in [-0.39, 0.29) is 5.91 Å². The van der Waals surface area contributed by atoms with E-state index in [2.05, 4.69) is 17.4 Å². The van der Waals surface area contributed by atoms with Crippen molar-refractivity contribution in [2.45, 2.75) is 31.1 Å². The average Bonchev–Trinajstić information content (AvgIpc) is 3.05. The van der Waals surface area contributed by atoms with Crippen LogP contribution in [0.5, 0.6) is 0 Å². The molecule has 0 spiro atoms. The van der Waals surface area contributed by atoms with E-state index in [9.17, 15) is 4.79 Å². The maximum atomic E-state index is 12.4. The highest BCUT2D eigenvalue weighted by atomic mass is 32.2. The van der Waals surface area contributed by atoms with Gasteiger partial charge >= 0.3 is 0 Å². The number of aromatic nitrogens is 1. The molecule has 0 saturated heterocycles. The number of hydrogen-bond acceptors (Lipinski definition) is 4. The number of nitrogens with zero attached hydrogens (tertiary/aromatic N) is 1. The van der Waals surface area contributed by atoms with Crippen LogP contribution in [0.25, 0.3) is 0 Å². The first-order chi connectivity index (χ1) is 9.79. The number of fused-ring (bicyclic) bond motifs is 1. The third kappa shape index (κ3) is 2.45. The summed E-state index contributed by atoms with van der Waals surface area (Å²) in [6.45, 7) is 2.07. The van der Waals surface area contributed by atoms with E-state index in [1.165, 1.54) is 0 Å². The molecule has 1 aliphatic carbocycles. The van der Waals surface area contributed by atoms with Crippen molar-refractivity contribution >= 4 is 23.6 Å². The summed E-state index contributed by atoms with van der Waals surface area (Å²) >= 11 is 1.66. The van der Waals surface area contributed by atoms with Gasteiger partial charge in [0.05, 0.1) is 11.3 Å². The molecular formula is C15H16N2O2S. The van der Waals surface area contributed by atoms with Crippen molar-refractivity contribution < 1.29 is 9.32 Å². The van der Waals surface area contributed by atoms with Crippen LogP contribution >= 0.6 is 11.8 Å². The van der Waals surface area contributed by atoms with Crippen LogP contribution in [0.2, 0.25) is 0 Å². The first-order valence-electron chi connectivity index (χ1n) is 6.80. The first kappa shape index (κ1) is 13.2. The summed E-state index contributed by atoms with van der Waals surface area (Å²) in [4.78, 5) is 13.4. The van der Waals surface area contributed by atoms with Crippen molar-refractivity contribution in [1.82, 2.24) is 5.16 Å². The molecule has 2 aromatic rings. The van der Waals surface area contributed by atoms with Crippen molar-refractivity contribution in [2.75, 3.05) is 11.1 Å². The van der Waals surface area contributed by atoms with Crippen LogP contribution in [0.1, 0.15) is 35.0 Å². The largest absolute Gasteiger partial charge is 0.338 e. The molecule has 0 unspecified atom stereocenters. The van der Waals surface area contributed by atoms with Gasteiger partial charge in [0.2, 0.25) is 5.88 Å². The lowest BCUT2D eigenvalue weighted by Gasteiger charge is -2.07. The molecule has 5 heteroatoms. The Labute approximate surface area is 121 Å². The lowest BCUT2D eigenvalue weighted by molar-refractivity contribution is 0.102. The Kier molecular flexibility index (Phi) is 3.78. The van der Waals surface area contributed by atoms with Gasteiger partial charge in [0.25, 0.3) is 5.91 Å². The third-order valence-electron chi connectivity index (χ3n) is 3.37. The number of nitrogens with one attached hydrogen (secondary N) is 1. The Morgan fingerprint density at radius 3 is 3.10 bits per heavy atom. The number of carbonyl (C=O) groups excluding carboxylic acids is 1. The molecule has 4 nitrogen and oxygen atoms in total. The smallest absolute Gasteiger partial charge is 0.259 e. The topological polar surface area (TPSA) is 55.1 Å². The number of anilines is 1. The van der Waals surface area contributed by atoms with E-state index < -0.39 is 0 Å². The highest BCUT2D eigenvalue weighted by Gasteiger charge is 2.23. The van der Waals surface area contributed by atoms with E-state index in [1.807, 2.05) is 24.3 Å². The third-order valence-corrected chi connectivity index (χ3v) is 4.32. The molecule has 1 N–H and O–H groups in total. The predicted octanol–water partition coefficient (Wildman–Crippen LogP) is 3.53. The summed E-state index contributed by atoms with van der Waals surface area (Å²) in [5.74, 6) is 1.31. The second-order valence-corrected chi connectivity index (χ2v) is 5.98. The minimum absolute atomic E-state index is 0.132. The normalized spacial score (nSPS) is 13.2. The Balaban J connectivity index is 1.82. The molecule has 0 fully saturated rings. The van der Waals surface area contributed by atoms with Crippen LogP contribution in [0, 0.1) is 0 Å². The number of thioether (sulfide) groups is 1. The highest BCUT2D eigenvalue weighted by molar-refractivity contribution is 7.99. The predicted molar refractivity (Wildman–Crippen MR) is 79.3 cm³/mol. The Hall–Kier alpha value is -1.75. The van der Waals surface area contributed by atoms with E-state index in [4.69, 9.17) is 4.52 Å². The molecule has 1 aromatic heterocycles. The summed E-state index contributed by atoms with van der Waals surface area (Å²) in [7, 11) is 0. The average molecular weight is 288 g/mol. The van der Waals surface area contributed by atoms with Crippen LogP contribution < -0.4 is 5.32 Å².